The van der Waals surface area contributed by atoms with E-state index in [2.05, 4.69) is 56.9 Å². The molecule has 7 heteroatoms. The van der Waals surface area contributed by atoms with Crippen LogP contribution < -0.4 is 9.64 Å². The van der Waals surface area contributed by atoms with Gasteiger partial charge in [0, 0.05) is 63.6 Å². The first kappa shape index (κ1) is 30.4. The molecule has 2 saturated heterocycles. The number of rotatable bonds is 7. The Balaban J connectivity index is 0.00000100. The van der Waals surface area contributed by atoms with Crippen LogP contribution in [0.4, 0.5) is 5.69 Å². The number of para-hydroxylation sites is 1. The van der Waals surface area contributed by atoms with Crippen LogP contribution in [0.2, 0.25) is 0 Å². The van der Waals surface area contributed by atoms with E-state index < -0.39 is 0 Å². The summed E-state index contributed by atoms with van der Waals surface area (Å²) >= 11 is 0. The molecule has 3 heterocycles. The van der Waals surface area contributed by atoms with Gasteiger partial charge in [-0.2, -0.15) is 0 Å². The number of aliphatic hydroxyl groups excluding tert-OH is 1. The van der Waals surface area contributed by atoms with Crippen LogP contribution >= 0.6 is 0 Å². The van der Waals surface area contributed by atoms with Crippen LogP contribution in [-0.2, 0) is 4.79 Å². The molecule has 0 radical (unpaired) electrons. The molecule has 2 aliphatic heterocycles. The number of likely N-dealkylation sites (tertiary alicyclic amines) is 1. The fourth-order valence-electron chi connectivity index (χ4n) is 5.48. The molecule has 2 fully saturated rings. The minimum atomic E-state index is 0.124. The third kappa shape index (κ3) is 8.16. The van der Waals surface area contributed by atoms with Crippen LogP contribution in [0.5, 0.6) is 5.75 Å². The number of nitrogens with zero attached hydrogens (tertiary/aromatic N) is 4. The van der Waals surface area contributed by atoms with Crippen LogP contribution in [0.15, 0.2) is 60.8 Å². The van der Waals surface area contributed by atoms with E-state index in [0.717, 1.165) is 88.8 Å². The normalized spacial score (nSPS) is 17.5. The van der Waals surface area contributed by atoms with Crippen molar-refractivity contribution in [2.45, 2.75) is 40.0 Å². The average molecular weight is 535 g/mol. The van der Waals surface area contributed by atoms with Gasteiger partial charge in [-0.3, -0.25) is 9.78 Å². The van der Waals surface area contributed by atoms with Crippen molar-refractivity contribution in [2.75, 3.05) is 64.4 Å². The first-order valence-electron chi connectivity index (χ1n) is 14.4. The fraction of sp³-hybridized carbons (Fsp3) is 0.500. The number of ether oxygens (including phenoxy) is 1. The summed E-state index contributed by atoms with van der Waals surface area (Å²) in [6.07, 6.45) is 4.86. The predicted octanol–water partition coefficient (Wildman–Crippen LogP) is 5.01. The third-order valence-electron chi connectivity index (χ3n) is 7.38. The van der Waals surface area contributed by atoms with Crippen LogP contribution in [0.25, 0.3) is 10.9 Å². The molecule has 1 unspecified atom stereocenters. The standard InChI is InChI=1S/C29H36N4O2.C2H6.CH4O/c1-23-8-2-3-12-27(23)32-17-19-33(20-18-32)29(34)24-9-6-15-31(22-24)16-7-21-35-28-13-4-11-26-25(28)10-5-14-30-26;2*1-2/h2-5,8,10-14,24H,6-7,9,15-22H2,1H3;1-2H3;2H,1H3. The minimum absolute atomic E-state index is 0.124. The van der Waals surface area contributed by atoms with Crippen LogP contribution in [-0.4, -0.2) is 85.3 Å². The Morgan fingerprint density at radius 2 is 1.74 bits per heavy atom. The van der Waals surface area contributed by atoms with E-state index in [1.165, 1.54) is 11.3 Å². The molecule has 212 valence electrons. The van der Waals surface area contributed by atoms with Crippen LogP contribution in [0.1, 0.15) is 38.7 Å². The molecule has 1 N–H and O–H groups in total. The first-order chi connectivity index (χ1) is 19.2. The molecular formula is C32H46N4O3. The number of carbonyl (C=O) groups excluding carboxylic acids is 1. The molecule has 0 spiro atoms. The number of fused-ring (bicyclic) bond motifs is 1. The molecule has 0 aliphatic carbocycles. The zero-order chi connectivity index (χ0) is 28.0. The number of piperazine rings is 1. The van der Waals surface area contributed by atoms with E-state index in [-0.39, 0.29) is 5.92 Å². The lowest BCUT2D eigenvalue weighted by molar-refractivity contribution is -0.137. The maximum absolute atomic E-state index is 13.3. The summed E-state index contributed by atoms with van der Waals surface area (Å²) in [6.45, 7) is 13.2. The Labute approximate surface area is 234 Å². The summed E-state index contributed by atoms with van der Waals surface area (Å²) in [7, 11) is 1.00. The SMILES string of the molecule is CC.CO.Cc1ccccc1N1CCN(C(=O)C2CCCN(CCCOc3cccc4ncccc34)C2)CC1. The highest BCUT2D eigenvalue weighted by atomic mass is 16.5. The van der Waals surface area contributed by atoms with Crippen molar-refractivity contribution in [3.05, 3.63) is 66.4 Å². The number of piperidine rings is 1. The Bertz CT molecular complexity index is 1140. The fourth-order valence-corrected chi connectivity index (χ4v) is 5.48. The molecule has 0 saturated carbocycles. The second kappa shape index (κ2) is 16.1. The Morgan fingerprint density at radius 3 is 2.51 bits per heavy atom. The molecule has 5 rings (SSSR count). The molecule has 3 aromatic rings. The second-order valence-electron chi connectivity index (χ2n) is 9.77. The molecule has 1 amide bonds. The zero-order valence-corrected chi connectivity index (χ0v) is 24.2. The number of anilines is 1. The molecule has 2 aromatic carbocycles. The highest BCUT2D eigenvalue weighted by Crippen LogP contribution is 2.25. The van der Waals surface area contributed by atoms with Crippen molar-refractivity contribution in [2.24, 2.45) is 5.92 Å². The van der Waals surface area contributed by atoms with Crippen molar-refractivity contribution >= 4 is 22.5 Å². The van der Waals surface area contributed by atoms with Crippen molar-refractivity contribution in [1.82, 2.24) is 14.8 Å². The molecule has 2 aliphatic rings. The average Bonchev–Trinajstić information content (AvgIpc) is 3.01. The van der Waals surface area contributed by atoms with Crippen molar-refractivity contribution in [3.8, 4) is 5.75 Å². The van der Waals surface area contributed by atoms with Gasteiger partial charge in [-0.25, -0.2) is 0 Å². The second-order valence-corrected chi connectivity index (χ2v) is 9.77. The van der Waals surface area contributed by atoms with Crippen molar-refractivity contribution < 1.29 is 14.6 Å². The summed E-state index contributed by atoms with van der Waals surface area (Å²) in [4.78, 5) is 24.7. The van der Waals surface area contributed by atoms with Gasteiger partial charge in [-0.1, -0.05) is 38.1 Å². The van der Waals surface area contributed by atoms with Gasteiger partial charge in [-0.05, 0) is 68.6 Å². The van der Waals surface area contributed by atoms with Crippen molar-refractivity contribution in [3.63, 3.8) is 0 Å². The highest BCUT2D eigenvalue weighted by molar-refractivity contribution is 5.84. The van der Waals surface area contributed by atoms with Gasteiger partial charge in [0.05, 0.1) is 18.0 Å². The summed E-state index contributed by atoms with van der Waals surface area (Å²) in [5.74, 6) is 1.37. The third-order valence-corrected chi connectivity index (χ3v) is 7.38. The number of carbonyl (C=O) groups is 1. The van der Waals surface area contributed by atoms with Gasteiger partial charge in [0.25, 0.3) is 0 Å². The van der Waals surface area contributed by atoms with E-state index in [9.17, 15) is 4.79 Å². The number of hydrogen-bond acceptors (Lipinski definition) is 6. The van der Waals surface area contributed by atoms with Gasteiger partial charge < -0.3 is 24.5 Å². The Kier molecular flexibility index (Phi) is 12.5. The smallest absolute Gasteiger partial charge is 0.227 e. The summed E-state index contributed by atoms with van der Waals surface area (Å²) in [5.41, 5.74) is 3.56. The van der Waals surface area contributed by atoms with Crippen LogP contribution in [0, 0.1) is 12.8 Å². The summed E-state index contributed by atoms with van der Waals surface area (Å²) in [5, 5.41) is 8.06. The van der Waals surface area contributed by atoms with Gasteiger partial charge in [0.2, 0.25) is 5.91 Å². The summed E-state index contributed by atoms with van der Waals surface area (Å²) in [6, 6.07) is 18.5. The Morgan fingerprint density at radius 1 is 0.974 bits per heavy atom. The molecule has 7 nitrogen and oxygen atoms in total. The Hall–Kier alpha value is -3.16. The molecule has 1 aromatic heterocycles. The predicted molar refractivity (Wildman–Crippen MR) is 160 cm³/mol. The lowest BCUT2D eigenvalue weighted by Crippen LogP contribution is -2.52. The number of pyridine rings is 1. The number of aliphatic hydroxyl groups is 1. The van der Waals surface area contributed by atoms with Gasteiger partial charge in [0.15, 0.2) is 0 Å². The number of benzene rings is 2. The molecular weight excluding hydrogens is 488 g/mol. The van der Waals surface area contributed by atoms with E-state index in [0.29, 0.717) is 12.5 Å². The first-order valence-corrected chi connectivity index (χ1v) is 14.4. The molecule has 39 heavy (non-hydrogen) atoms. The lowest BCUT2D eigenvalue weighted by Gasteiger charge is -2.40. The monoisotopic (exact) mass is 534 g/mol. The van der Waals surface area contributed by atoms with Gasteiger partial charge >= 0.3 is 0 Å². The van der Waals surface area contributed by atoms with E-state index in [1.807, 2.05) is 44.3 Å². The lowest BCUT2D eigenvalue weighted by atomic mass is 9.96. The summed E-state index contributed by atoms with van der Waals surface area (Å²) < 4.78 is 6.09. The van der Waals surface area contributed by atoms with Crippen LogP contribution in [0.3, 0.4) is 0 Å². The quantitative estimate of drug-likeness (QED) is 0.430. The highest BCUT2D eigenvalue weighted by Gasteiger charge is 2.31. The van der Waals surface area contributed by atoms with E-state index in [1.54, 1.807) is 0 Å². The number of amides is 1. The maximum atomic E-state index is 13.3. The van der Waals surface area contributed by atoms with Gasteiger partial charge in [0.1, 0.15) is 5.75 Å². The number of hydrogen-bond donors (Lipinski definition) is 1. The molecule has 0 bridgehead atoms. The minimum Gasteiger partial charge on any atom is -0.493 e. The topological polar surface area (TPSA) is 69.1 Å². The number of aromatic nitrogens is 1. The number of aryl methyl sites for hydroxylation is 1. The van der Waals surface area contributed by atoms with E-state index >= 15 is 0 Å². The van der Waals surface area contributed by atoms with Gasteiger partial charge in [-0.15, -0.1) is 0 Å². The van der Waals surface area contributed by atoms with E-state index in [4.69, 9.17) is 9.84 Å². The maximum Gasteiger partial charge on any atom is 0.227 e. The molecule has 1 atom stereocenters. The largest absolute Gasteiger partial charge is 0.493 e. The van der Waals surface area contributed by atoms with Crippen molar-refractivity contribution in [1.29, 1.82) is 0 Å². The zero-order valence-electron chi connectivity index (χ0n) is 24.2.